The molecular weight excluding hydrogens is 292 g/mol. The molecule has 21 heavy (non-hydrogen) atoms. The van der Waals surface area contributed by atoms with Gasteiger partial charge in [0.2, 0.25) is 5.91 Å². The van der Waals surface area contributed by atoms with Gasteiger partial charge in [0.15, 0.2) is 11.0 Å². The molecule has 1 aliphatic rings. The topological polar surface area (TPSA) is 90.0 Å². The Morgan fingerprint density at radius 1 is 1.62 bits per heavy atom. The van der Waals surface area contributed by atoms with Crippen molar-refractivity contribution < 1.29 is 9.32 Å². The van der Waals surface area contributed by atoms with Gasteiger partial charge in [-0.25, -0.2) is 4.98 Å². The number of hydrogen-bond acceptors (Lipinski definition) is 6. The van der Waals surface area contributed by atoms with Crippen molar-refractivity contribution in [1.82, 2.24) is 14.7 Å². The normalized spacial score (nSPS) is 16.7. The Morgan fingerprint density at radius 3 is 3.19 bits per heavy atom. The van der Waals surface area contributed by atoms with Crippen LogP contribution < -0.4 is 10.9 Å². The molecule has 110 valence electrons. The number of carbonyl (C=O) groups is 1. The Hall–Kier alpha value is -2.09. The molecule has 0 radical (unpaired) electrons. The molecule has 0 bridgehead atoms. The van der Waals surface area contributed by atoms with Crippen molar-refractivity contribution >= 4 is 23.5 Å². The minimum Gasteiger partial charge on any atom is -0.363 e. The van der Waals surface area contributed by atoms with Gasteiger partial charge in [-0.2, -0.15) is 0 Å². The SMILES string of the molecule is CCc1cc(=O)n2c(n1)SCC2CC(=O)Nc1ccon1. The number of rotatable bonds is 4. The molecule has 1 N–H and O–H groups in total. The number of nitrogens with one attached hydrogen (secondary N) is 1. The van der Waals surface area contributed by atoms with Crippen LogP contribution in [0.4, 0.5) is 5.82 Å². The molecule has 1 aliphatic heterocycles. The number of carbonyl (C=O) groups excluding carboxylic acids is 1. The van der Waals surface area contributed by atoms with E-state index in [0.717, 1.165) is 12.1 Å². The Morgan fingerprint density at radius 2 is 2.48 bits per heavy atom. The lowest BCUT2D eigenvalue weighted by molar-refractivity contribution is -0.116. The molecule has 0 aliphatic carbocycles. The van der Waals surface area contributed by atoms with Crippen LogP contribution in [-0.4, -0.2) is 26.4 Å². The van der Waals surface area contributed by atoms with Gasteiger partial charge in [0.25, 0.3) is 5.56 Å². The van der Waals surface area contributed by atoms with E-state index in [2.05, 4.69) is 20.0 Å². The first-order chi connectivity index (χ1) is 10.2. The van der Waals surface area contributed by atoms with Gasteiger partial charge in [0.05, 0.1) is 6.04 Å². The summed E-state index contributed by atoms with van der Waals surface area (Å²) in [5, 5.41) is 6.95. The van der Waals surface area contributed by atoms with E-state index in [4.69, 9.17) is 0 Å². The summed E-state index contributed by atoms with van der Waals surface area (Å²) < 4.78 is 6.26. The molecule has 3 heterocycles. The molecule has 0 fully saturated rings. The minimum atomic E-state index is -0.200. The molecule has 0 spiro atoms. The average molecular weight is 306 g/mol. The van der Waals surface area contributed by atoms with Crippen molar-refractivity contribution in [3.05, 3.63) is 34.4 Å². The lowest BCUT2D eigenvalue weighted by atomic mass is 10.2. The van der Waals surface area contributed by atoms with Gasteiger partial charge in [-0.15, -0.1) is 0 Å². The Labute approximate surface area is 124 Å². The first-order valence-electron chi connectivity index (χ1n) is 6.63. The van der Waals surface area contributed by atoms with Crippen LogP contribution in [-0.2, 0) is 11.2 Å². The van der Waals surface area contributed by atoms with Crippen LogP contribution in [0, 0.1) is 0 Å². The van der Waals surface area contributed by atoms with Crippen LogP contribution in [0.5, 0.6) is 0 Å². The fourth-order valence-electron chi connectivity index (χ4n) is 2.21. The first kappa shape index (κ1) is 13.9. The molecule has 0 saturated heterocycles. The van der Waals surface area contributed by atoms with E-state index in [1.54, 1.807) is 10.6 Å². The van der Waals surface area contributed by atoms with Crippen LogP contribution in [0.2, 0.25) is 0 Å². The molecule has 0 saturated carbocycles. The number of nitrogens with zero attached hydrogens (tertiary/aromatic N) is 3. The predicted octanol–water partition coefficient (Wildman–Crippen LogP) is 1.47. The van der Waals surface area contributed by atoms with Gasteiger partial charge >= 0.3 is 0 Å². The summed E-state index contributed by atoms with van der Waals surface area (Å²) in [6, 6.07) is 2.93. The van der Waals surface area contributed by atoms with Crippen molar-refractivity contribution in [3.8, 4) is 0 Å². The summed E-state index contributed by atoms with van der Waals surface area (Å²) in [4.78, 5) is 28.6. The average Bonchev–Trinajstić information content (AvgIpc) is 3.09. The summed E-state index contributed by atoms with van der Waals surface area (Å²) in [5.41, 5.74) is 0.688. The number of thioether (sulfide) groups is 1. The number of fused-ring (bicyclic) bond motifs is 1. The zero-order valence-corrected chi connectivity index (χ0v) is 12.2. The number of anilines is 1. The maximum atomic E-state index is 12.2. The highest BCUT2D eigenvalue weighted by molar-refractivity contribution is 7.99. The Balaban J connectivity index is 1.75. The van der Waals surface area contributed by atoms with Crippen LogP contribution in [0.25, 0.3) is 0 Å². The molecule has 8 heteroatoms. The van der Waals surface area contributed by atoms with Crippen molar-refractivity contribution in [2.45, 2.75) is 31.0 Å². The van der Waals surface area contributed by atoms with Crippen LogP contribution in [0.1, 0.15) is 25.1 Å². The van der Waals surface area contributed by atoms with E-state index < -0.39 is 0 Å². The third-order valence-electron chi connectivity index (χ3n) is 3.23. The van der Waals surface area contributed by atoms with E-state index in [1.807, 2.05) is 6.92 Å². The van der Waals surface area contributed by atoms with Gasteiger partial charge in [-0.1, -0.05) is 23.8 Å². The van der Waals surface area contributed by atoms with Crippen LogP contribution in [0.15, 0.2) is 32.9 Å². The maximum Gasteiger partial charge on any atom is 0.254 e. The standard InChI is InChI=1S/C13H14N4O3S/c1-2-8-5-12(19)17-9(7-21-13(17)14-8)6-11(18)15-10-3-4-20-16-10/h3-5,9H,2,6-7H2,1H3,(H,15,16,18). The number of aryl methyl sites for hydroxylation is 1. The van der Waals surface area contributed by atoms with E-state index in [-0.39, 0.29) is 23.9 Å². The van der Waals surface area contributed by atoms with Gasteiger partial charge in [0, 0.05) is 30.0 Å². The molecule has 2 aromatic heterocycles. The molecule has 3 rings (SSSR count). The van der Waals surface area contributed by atoms with E-state index >= 15 is 0 Å². The summed E-state index contributed by atoms with van der Waals surface area (Å²) >= 11 is 1.51. The highest BCUT2D eigenvalue weighted by Gasteiger charge is 2.27. The number of amides is 1. The smallest absolute Gasteiger partial charge is 0.254 e. The van der Waals surface area contributed by atoms with E-state index in [1.165, 1.54) is 24.1 Å². The van der Waals surface area contributed by atoms with E-state index in [0.29, 0.717) is 16.7 Å². The summed E-state index contributed by atoms with van der Waals surface area (Å²) in [5.74, 6) is 0.841. The van der Waals surface area contributed by atoms with Crippen molar-refractivity contribution in [2.24, 2.45) is 0 Å². The second kappa shape index (κ2) is 5.72. The van der Waals surface area contributed by atoms with Gasteiger partial charge in [-0.05, 0) is 6.42 Å². The lowest BCUT2D eigenvalue weighted by Gasteiger charge is -2.12. The molecule has 0 aromatic carbocycles. The summed E-state index contributed by atoms with van der Waals surface area (Å²) in [6.45, 7) is 1.96. The van der Waals surface area contributed by atoms with Crippen molar-refractivity contribution in [3.63, 3.8) is 0 Å². The number of aromatic nitrogens is 3. The van der Waals surface area contributed by atoms with Crippen LogP contribution in [0.3, 0.4) is 0 Å². The van der Waals surface area contributed by atoms with Gasteiger partial charge in [-0.3, -0.25) is 14.2 Å². The minimum absolute atomic E-state index is 0.0962. The molecule has 1 atom stereocenters. The van der Waals surface area contributed by atoms with Crippen molar-refractivity contribution in [2.75, 3.05) is 11.1 Å². The van der Waals surface area contributed by atoms with Crippen molar-refractivity contribution in [1.29, 1.82) is 0 Å². The molecule has 7 nitrogen and oxygen atoms in total. The molecule has 1 amide bonds. The Kier molecular flexibility index (Phi) is 3.78. The number of hydrogen-bond donors (Lipinski definition) is 1. The third-order valence-corrected chi connectivity index (χ3v) is 4.33. The predicted molar refractivity (Wildman–Crippen MR) is 77.4 cm³/mol. The second-order valence-electron chi connectivity index (χ2n) is 4.69. The third kappa shape index (κ3) is 2.85. The van der Waals surface area contributed by atoms with Crippen LogP contribution >= 0.6 is 11.8 Å². The van der Waals surface area contributed by atoms with Gasteiger partial charge < -0.3 is 9.84 Å². The summed E-state index contributed by atoms with van der Waals surface area (Å²) in [6.07, 6.45) is 2.32. The fourth-order valence-corrected chi connectivity index (χ4v) is 3.38. The second-order valence-corrected chi connectivity index (χ2v) is 5.68. The lowest BCUT2D eigenvalue weighted by Crippen LogP contribution is -2.27. The highest BCUT2D eigenvalue weighted by Crippen LogP contribution is 2.32. The fraction of sp³-hybridized carbons (Fsp3) is 0.385. The molecular formula is C13H14N4O3S. The quantitative estimate of drug-likeness (QED) is 0.860. The zero-order chi connectivity index (χ0) is 14.8. The van der Waals surface area contributed by atoms with Gasteiger partial charge in [0.1, 0.15) is 6.26 Å². The highest BCUT2D eigenvalue weighted by atomic mass is 32.2. The monoisotopic (exact) mass is 306 g/mol. The molecule has 2 aromatic rings. The summed E-state index contributed by atoms with van der Waals surface area (Å²) in [7, 11) is 0. The van der Waals surface area contributed by atoms with E-state index in [9.17, 15) is 9.59 Å². The first-order valence-corrected chi connectivity index (χ1v) is 7.61. The zero-order valence-electron chi connectivity index (χ0n) is 11.4. The Bertz CT molecular complexity index is 711. The largest absolute Gasteiger partial charge is 0.363 e. The molecule has 1 unspecified atom stereocenters. The maximum absolute atomic E-state index is 12.2.